The molecule has 0 rings (SSSR count). The fourth-order valence-corrected chi connectivity index (χ4v) is 1.40. The zero-order valence-electron chi connectivity index (χ0n) is 11.5. The molecule has 0 radical (unpaired) electrons. The van der Waals surface area contributed by atoms with Crippen molar-refractivity contribution in [2.45, 2.75) is 25.7 Å². The van der Waals surface area contributed by atoms with Gasteiger partial charge in [0.05, 0.1) is 0 Å². The van der Waals surface area contributed by atoms with Gasteiger partial charge in [-0.15, -0.1) is 0 Å². The van der Waals surface area contributed by atoms with Crippen LogP contribution in [-0.2, 0) is 9.59 Å². The molecule has 6 heteroatoms. The minimum absolute atomic E-state index is 0.0563. The Labute approximate surface area is 109 Å². The Hall–Kier alpha value is -1.14. The number of hydrogen-bond donors (Lipinski definition) is 4. The van der Waals surface area contributed by atoms with Gasteiger partial charge in [0.25, 0.3) is 0 Å². The van der Waals surface area contributed by atoms with Gasteiger partial charge in [-0.3, -0.25) is 9.59 Å². The monoisotopic (exact) mass is 258 g/mol. The van der Waals surface area contributed by atoms with E-state index in [0.717, 1.165) is 25.9 Å². The van der Waals surface area contributed by atoms with Crippen LogP contribution in [0.2, 0.25) is 0 Å². The van der Waals surface area contributed by atoms with E-state index in [1.54, 1.807) is 0 Å². The van der Waals surface area contributed by atoms with Crippen LogP contribution in [0.4, 0.5) is 0 Å². The van der Waals surface area contributed by atoms with Crippen molar-refractivity contribution in [2.75, 3.05) is 40.3 Å². The molecule has 0 heterocycles. The summed E-state index contributed by atoms with van der Waals surface area (Å²) in [6.07, 6.45) is 2.50. The first-order valence-corrected chi connectivity index (χ1v) is 6.53. The van der Waals surface area contributed by atoms with Crippen LogP contribution in [-0.4, -0.2) is 52.1 Å². The minimum Gasteiger partial charge on any atom is -0.355 e. The number of carbonyl (C=O) groups excluding carboxylic acids is 2. The summed E-state index contributed by atoms with van der Waals surface area (Å²) in [5.41, 5.74) is 0. The lowest BCUT2D eigenvalue weighted by Gasteiger charge is -2.05. The number of carbonyl (C=O) groups is 2. The second-order valence-electron chi connectivity index (χ2n) is 4.11. The first-order chi connectivity index (χ1) is 8.70. The average molecular weight is 258 g/mol. The fourth-order valence-electron chi connectivity index (χ4n) is 1.40. The molecule has 0 fully saturated rings. The molecule has 0 saturated heterocycles. The van der Waals surface area contributed by atoms with E-state index in [2.05, 4.69) is 21.3 Å². The van der Waals surface area contributed by atoms with Crippen molar-refractivity contribution < 1.29 is 9.59 Å². The molecular weight excluding hydrogens is 232 g/mol. The van der Waals surface area contributed by atoms with Crippen LogP contribution in [0, 0.1) is 0 Å². The summed E-state index contributed by atoms with van der Waals surface area (Å²) in [6.45, 7) is 2.86. The van der Waals surface area contributed by atoms with Crippen molar-refractivity contribution >= 4 is 11.8 Å². The lowest BCUT2D eigenvalue weighted by Crippen LogP contribution is -2.31. The van der Waals surface area contributed by atoms with Gasteiger partial charge in [0.15, 0.2) is 0 Å². The molecule has 6 nitrogen and oxygen atoms in total. The second-order valence-corrected chi connectivity index (χ2v) is 4.11. The third-order valence-corrected chi connectivity index (χ3v) is 2.45. The molecule has 0 bridgehead atoms. The molecule has 0 aromatic rings. The van der Waals surface area contributed by atoms with Gasteiger partial charge in [-0.05, 0) is 26.9 Å². The largest absolute Gasteiger partial charge is 0.355 e. The Bertz CT molecular complexity index is 210. The summed E-state index contributed by atoms with van der Waals surface area (Å²) in [5, 5.41) is 11.5. The van der Waals surface area contributed by atoms with Crippen molar-refractivity contribution in [2.24, 2.45) is 0 Å². The molecule has 0 saturated carbocycles. The van der Waals surface area contributed by atoms with E-state index in [4.69, 9.17) is 0 Å². The Morgan fingerprint density at radius 2 is 1.11 bits per heavy atom. The molecule has 0 aliphatic heterocycles. The third kappa shape index (κ3) is 11.3. The van der Waals surface area contributed by atoms with Crippen molar-refractivity contribution in [1.82, 2.24) is 21.3 Å². The van der Waals surface area contributed by atoms with Crippen molar-refractivity contribution in [1.29, 1.82) is 0 Å². The van der Waals surface area contributed by atoms with E-state index in [1.165, 1.54) is 0 Å². The highest BCUT2D eigenvalue weighted by Gasteiger charge is 2.03. The second kappa shape index (κ2) is 12.3. The zero-order valence-corrected chi connectivity index (χ0v) is 11.5. The maximum absolute atomic E-state index is 11.3. The quantitative estimate of drug-likeness (QED) is 0.366. The molecule has 0 spiro atoms. The van der Waals surface area contributed by atoms with E-state index in [-0.39, 0.29) is 11.8 Å². The smallest absolute Gasteiger partial charge is 0.220 e. The van der Waals surface area contributed by atoms with Crippen LogP contribution in [0.5, 0.6) is 0 Å². The predicted octanol–water partition coefficient (Wildman–Crippen LogP) is -0.782. The van der Waals surface area contributed by atoms with Gasteiger partial charge in [-0.25, -0.2) is 0 Å². The van der Waals surface area contributed by atoms with E-state index in [1.807, 2.05) is 14.1 Å². The Morgan fingerprint density at radius 3 is 1.44 bits per heavy atom. The average Bonchev–Trinajstić information content (AvgIpc) is 2.35. The van der Waals surface area contributed by atoms with Gasteiger partial charge in [0.1, 0.15) is 0 Å². The lowest BCUT2D eigenvalue weighted by atomic mass is 10.2. The van der Waals surface area contributed by atoms with Crippen molar-refractivity contribution in [3.63, 3.8) is 0 Å². The Kier molecular flexibility index (Phi) is 11.5. The molecule has 0 atom stereocenters. The molecule has 0 aliphatic rings. The number of amides is 2. The third-order valence-electron chi connectivity index (χ3n) is 2.45. The summed E-state index contributed by atoms with van der Waals surface area (Å²) >= 11 is 0. The van der Waals surface area contributed by atoms with Crippen LogP contribution in [0.25, 0.3) is 0 Å². The van der Waals surface area contributed by atoms with Crippen LogP contribution in [0.15, 0.2) is 0 Å². The molecule has 18 heavy (non-hydrogen) atoms. The van der Waals surface area contributed by atoms with Gasteiger partial charge in [0.2, 0.25) is 11.8 Å². The van der Waals surface area contributed by atoms with Gasteiger partial charge in [0, 0.05) is 39.0 Å². The number of likely N-dealkylation sites (N-methyl/N-ethyl adjacent to an activating group) is 2. The van der Waals surface area contributed by atoms with Crippen LogP contribution < -0.4 is 21.3 Å². The van der Waals surface area contributed by atoms with E-state index in [0.29, 0.717) is 25.9 Å². The van der Waals surface area contributed by atoms with E-state index >= 15 is 0 Å². The van der Waals surface area contributed by atoms with Crippen LogP contribution >= 0.6 is 0 Å². The van der Waals surface area contributed by atoms with Gasteiger partial charge in [-0.2, -0.15) is 0 Å². The molecular formula is C12H26N4O2. The molecule has 0 unspecified atom stereocenters. The number of rotatable bonds is 11. The Morgan fingerprint density at radius 1 is 0.722 bits per heavy atom. The SMILES string of the molecule is CNCCNC(=O)CCCCC(=O)NCCNC. The van der Waals surface area contributed by atoms with Gasteiger partial charge in [-0.1, -0.05) is 0 Å². The van der Waals surface area contributed by atoms with Crippen molar-refractivity contribution in [3.05, 3.63) is 0 Å². The maximum Gasteiger partial charge on any atom is 0.220 e. The van der Waals surface area contributed by atoms with Crippen LogP contribution in [0.1, 0.15) is 25.7 Å². The summed E-state index contributed by atoms with van der Waals surface area (Å²) in [5.74, 6) is 0.113. The van der Waals surface area contributed by atoms with E-state index in [9.17, 15) is 9.59 Å². The molecule has 0 aromatic carbocycles. The molecule has 4 N–H and O–H groups in total. The minimum atomic E-state index is 0.0563. The maximum atomic E-state index is 11.3. The predicted molar refractivity (Wildman–Crippen MR) is 72.3 cm³/mol. The molecule has 0 aliphatic carbocycles. The fraction of sp³-hybridized carbons (Fsp3) is 0.833. The molecule has 2 amide bonds. The standard InChI is InChI=1S/C12H26N4O2/c1-13-7-9-15-11(17)5-3-4-6-12(18)16-10-8-14-2/h13-14H,3-10H2,1-2H3,(H,15,17)(H,16,18). The number of nitrogens with one attached hydrogen (secondary N) is 4. The van der Waals surface area contributed by atoms with Gasteiger partial charge >= 0.3 is 0 Å². The highest BCUT2D eigenvalue weighted by atomic mass is 16.2. The number of hydrogen-bond acceptors (Lipinski definition) is 4. The first-order valence-electron chi connectivity index (χ1n) is 6.53. The van der Waals surface area contributed by atoms with Crippen molar-refractivity contribution in [3.8, 4) is 0 Å². The zero-order chi connectivity index (χ0) is 13.6. The first kappa shape index (κ1) is 16.9. The highest BCUT2D eigenvalue weighted by molar-refractivity contribution is 5.77. The summed E-state index contributed by atoms with van der Waals surface area (Å²) in [7, 11) is 3.69. The summed E-state index contributed by atoms with van der Waals surface area (Å²) < 4.78 is 0. The highest BCUT2D eigenvalue weighted by Crippen LogP contribution is 1.99. The Balaban J connectivity index is 3.32. The summed E-state index contributed by atoms with van der Waals surface area (Å²) in [6, 6.07) is 0. The molecule has 106 valence electrons. The molecule has 0 aromatic heterocycles. The van der Waals surface area contributed by atoms with Crippen LogP contribution in [0.3, 0.4) is 0 Å². The number of unbranched alkanes of at least 4 members (excludes halogenated alkanes) is 1. The normalized spacial score (nSPS) is 10.1. The van der Waals surface area contributed by atoms with Gasteiger partial charge < -0.3 is 21.3 Å². The lowest BCUT2D eigenvalue weighted by molar-refractivity contribution is -0.123. The topological polar surface area (TPSA) is 82.3 Å². The summed E-state index contributed by atoms with van der Waals surface area (Å²) in [4.78, 5) is 22.7. The van der Waals surface area contributed by atoms with E-state index < -0.39 is 0 Å².